The van der Waals surface area contributed by atoms with E-state index in [1.165, 1.54) is 5.56 Å². The lowest BCUT2D eigenvalue weighted by molar-refractivity contribution is 0.476. The molecule has 0 aliphatic carbocycles. The van der Waals surface area contributed by atoms with Crippen LogP contribution >= 0.6 is 11.6 Å². The fourth-order valence-corrected chi connectivity index (χ4v) is 3.72. The van der Waals surface area contributed by atoms with Crippen LogP contribution in [-0.4, -0.2) is 26.6 Å². The summed E-state index contributed by atoms with van der Waals surface area (Å²) >= 11 is 6.15. The summed E-state index contributed by atoms with van der Waals surface area (Å²) in [6.07, 6.45) is 4.37. The van der Waals surface area contributed by atoms with E-state index < -0.39 is 0 Å². The van der Waals surface area contributed by atoms with Crippen LogP contribution < -0.4 is 4.90 Å². The lowest BCUT2D eigenvalue weighted by Crippen LogP contribution is -2.16. The van der Waals surface area contributed by atoms with E-state index in [1.807, 2.05) is 36.4 Å². The van der Waals surface area contributed by atoms with Gasteiger partial charge in [-0.05, 0) is 60.5 Å². The molecular formula is C21H15ClN4O. The zero-order valence-corrected chi connectivity index (χ0v) is 15.1. The highest BCUT2D eigenvalue weighted by molar-refractivity contribution is 6.30. The lowest BCUT2D eigenvalue weighted by atomic mass is 10.1. The van der Waals surface area contributed by atoms with Crippen LogP contribution in [0, 0.1) is 0 Å². The maximum Gasteiger partial charge on any atom is 0.163 e. The van der Waals surface area contributed by atoms with Gasteiger partial charge in [0.1, 0.15) is 11.6 Å². The van der Waals surface area contributed by atoms with Crippen molar-refractivity contribution in [3.63, 3.8) is 0 Å². The van der Waals surface area contributed by atoms with Gasteiger partial charge in [0.25, 0.3) is 0 Å². The molecule has 0 saturated carbocycles. The standard InChI is InChI=1S/C21H15ClN4O/c22-15-3-6-19-13(10-15)7-9-26(19)21-17-11-16(27)4-5-18(17)24-20(25-21)14-2-1-8-23-12-14/h1-6,8,10-12,27H,7,9H2. The first-order valence-electron chi connectivity index (χ1n) is 8.66. The van der Waals surface area contributed by atoms with Gasteiger partial charge in [-0.1, -0.05) is 11.6 Å². The largest absolute Gasteiger partial charge is 0.508 e. The Morgan fingerprint density at radius 1 is 1.04 bits per heavy atom. The first kappa shape index (κ1) is 16.0. The fraction of sp³-hybridized carbons (Fsp3) is 0.0952. The molecule has 4 aromatic rings. The summed E-state index contributed by atoms with van der Waals surface area (Å²) < 4.78 is 0. The molecule has 1 aliphatic rings. The number of phenolic OH excluding ortho intramolecular Hbond substituents is 1. The molecule has 132 valence electrons. The van der Waals surface area contributed by atoms with Gasteiger partial charge in [0, 0.05) is 40.6 Å². The summed E-state index contributed by atoms with van der Waals surface area (Å²) in [7, 11) is 0. The van der Waals surface area contributed by atoms with Crippen LogP contribution in [0.2, 0.25) is 5.02 Å². The van der Waals surface area contributed by atoms with E-state index in [0.29, 0.717) is 5.82 Å². The van der Waals surface area contributed by atoms with Crippen LogP contribution in [0.3, 0.4) is 0 Å². The van der Waals surface area contributed by atoms with Gasteiger partial charge in [0.15, 0.2) is 5.82 Å². The van der Waals surface area contributed by atoms with Crippen LogP contribution in [0.1, 0.15) is 5.56 Å². The minimum atomic E-state index is 0.192. The topological polar surface area (TPSA) is 62.1 Å². The normalized spacial score (nSPS) is 13.1. The smallest absolute Gasteiger partial charge is 0.163 e. The molecule has 5 rings (SSSR count). The Hall–Kier alpha value is -3.18. The molecule has 0 bridgehead atoms. The monoisotopic (exact) mass is 374 g/mol. The zero-order chi connectivity index (χ0) is 18.4. The van der Waals surface area contributed by atoms with Crippen LogP contribution in [-0.2, 0) is 6.42 Å². The summed E-state index contributed by atoms with van der Waals surface area (Å²) in [4.78, 5) is 15.9. The van der Waals surface area contributed by atoms with Crippen LogP contribution in [0.4, 0.5) is 11.5 Å². The van der Waals surface area contributed by atoms with Crippen molar-refractivity contribution >= 4 is 34.0 Å². The molecule has 0 atom stereocenters. The van der Waals surface area contributed by atoms with Crippen molar-refractivity contribution in [2.24, 2.45) is 0 Å². The summed E-state index contributed by atoms with van der Waals surface area (Å²) in [5.74, 6) is 1.58. The number of benzene rings is 2. The first-order chi connectivity index (χ1) is 13.2. The molecule has 0 radical (unpaired) electrons. The van der Waals surface area contributed by atoms with E-state index >= 15 is 0 Å². The third-order valence-corrected chi connectivity index (χ3v) is 5.01. The number of aromatic nitrogens is 3. The Bertz CT molecular complexity index is 1160. The molecule has 27 heavy (non-hydrogen) atoms. The Morgan fingerprint density at radius 2 is 1.96 bits per heavy atom. The maximum absolute atomic E-state index is 10.0. The number of nitrogens with zero attached hydrogens (tertiary/aromatic N) is 4. The number of halogens is 1. The highest BCUT2D eigenvalue weighted by Crippen LogP contribution is 2.39. The van der Waals surface area contributed by atoms with Crippen molar-refractivity contribution in [2.75, 3.05) is 11.4 Å². The molecule has 0 fully saturated rings. The highest BCUT2D eigenvalue weighted by atomic mass is 35.5. The van der Waals surface area contributed by atoms with Gasteiger partial charge in [0.05, 0.1) is 5.52 Å². The van der Waals surface area contributed by atoms with Gasteiger partial charge in [0.2, 0.25) is 0 Å². The predicted molar refractivity (Wildman–Crippen MR) is 107 cm³/mol. The van der Waals surface area contributed by atoms with Crippen LogP contribution in [0.5, 0.6) is 5.75 Å². The van der Waals surface area contributed by atoms with Gasteiger partial charge < -0.3 is 10.0 Å². The average Bonchev–Trinajstić information content (AvgIpc) is 3.10. The molecule has 1 N–H and O–H groups in total. The van der Waals surface area contributed by atoms with E-state index in [1.54, 1.807) is 24.5 Å². The van der Waals surface area contributed by atoms with Crippen molar-refractivity contribution < 1.29 is 5.11 Å². The number of hydrogen-bond donors (Lipinski definition) is 1. The predicted octanol–water partition coefficient (Wildman–Crippen LogP) is 4.75. The second-order valence-corrected chi connectivity index (χ2v) is 6.93. The quantitative estimate of drug-likeness (QED) is 0.548. The highest BCUT2D eigenvalue weighted by Gasteiger charge is 2.24. The summed E-state index contributed by atoms with van der Waals surface area (Å²) in [5.41, 5.74) is 3.90. The third kappa shape index (κ3) is 2.76. The van der Waals surface area contributed by atoms with Gasteiger partial charge in [-0.15, -0.1) is 0 Å². The second-order valence-electron chi connectivity index (χ2n) is 6.49. The molecule has 3 heterocycles. The Morgan fingerprint density at radius 3 is 2.81 bits per heavy atom. The fourth-order valence-electron chi connectivity index (χ4n) is 3.52. The van der Waals surface area contributed by atoms with Crippen LogP contribution in [0.15, 0.2) is 60.9 Å². The number of phenols is 1. The van der Waals surface area contributed by atoms with Crippen molar-refractivity contribution in [1.29, 1.82) is 0 Å². The van der Waals surface area contributed by atoms with E-state index in [-0.39, 0.29) is 5.75 Å². The molecule has 0 unspecified atom stereocenters. The minimum Gasteiger partial charge on any atom is -0.508 e. The van der Waals surface area contributed by atoms with Crippen molar-refractivity contribution in [2.45, 2.75) is 6.42 Å². The molecular weight excluding hydrogens is 360 g/mol. The van der Waals surface area contributed by atoms with Crippen LogP contribution in [0.25, 0.3) is 22.3 Å². The van der Waals surface area contributed by atoms with Gasteiger partial charge in [-0.2, -0.15) is 0 Å². The molecule has 2 aromatic heterocycles. The number of pyridine rings is 1. The second kappa shape index (κ2) is 6.21. The zero-order valence-electron chi connectivity index (χ0n) is 14.3. The molecule has 6 heteroatoms. The molecule has 0 saturated heterocycles. The maximum atomic E-state index is 10.0. The minimum absolute atomic E-state index is 0.192. The summed E-state index contributed by atoms with van der Waals surface area (Å²) in [6, 6.07) is 14.9. The Labute approximate surface area is 160 Å². The van der Waals surface area contributed by atoms with Gasteiger partial charge in [-0.25, -0.2) is 9.97 Å². The van der Waals surface area contributed by atoms with Crippen molar-refractivity contribution in [1.82, 2.24) is 15.0 Å². The van der Waals surface area contributed by atoms with E-state index in [2.05, 4.69) is 14.9 Å². The van der Waals surface area contributed by atoms with E-state index in [9.17, 15) is 5.11 Å². The number of fused-ring (bicyclic) bond motifs is 2. The van der Waals surface area contributed by atoms with Gasteiger partial charge >= 0.3 is 0 Å². The average molecular weight is 375 g/mol. The third-order valence-electron chi connectivity index (χ3n) is 4.77. The summed E-state index contributed by atoms with van der Waals surface area (Å²) in [6.45, 7) is 0.796. The molecule has 5 nitrogen and oxygen atoms in total. The van der Waals surface area contributed by atoms with Gasteiger partial charge in [-0.3, -0.25) is 4.98 Å². The van der Waals surface area contributed by atoms with Crippen molar-refractivity contribution in [3.05, 3.63) is 71.5 Å². The molecule has 2 aromatic carbocycles. The molecule has 0 spiro atoms. The lowest BCUT2D eigenvalue weighted by Gasteiger charge is -2.21. The Kier molecular flexibility index (Phi) is 3.69. The first-order valence-corrected chi connectivity index (χ1v) is 9.04. The van der Waals surface area contributed by atoms with E-state index in [4.69, 9.17) is 16.6 Å². The van der Waals surface area contributed by atoms with Crippen molar-refractivity contribution in [3.8, 4) is 17.1 Å². The molecule has 1 aliphatic heterocycles. The number of hydrogen-bond acceptors (Lipinski definition) is 5. The summed E-state index contributed by atoms with van der Waals surface area (Å²) in [5, 5.41) is 11.6. The number of rotatable bonds is 2. The SMILES string of the molecule is Oc1ccc2nc(-c3cccnc3)nc(N3CCc4cc(Cl)ccc43)c2c1. The Balaban J connectivity index is 1.75. The van der Waals surface area contributed by atoms with E-state index in [0.717, 1.165) is 46.0 Å². The molecule has 0 amide bonds. The number of anilines is 2. The number of aromatic hydroxyl groups is 1.